The molecule has 0 unspecified atom stereocenters. The molecule has 84 valence electrons. The standard InChI is InChI=1S/C14H17NO/c1-11-4-5-14-13(8-11)12(10-16-14)9-15-6-2-3-7-15/h4-5,8,10H,2-3,6-7,9H2,1H3. The van der Waals surface area contributed by atoms with Crippen LogP contribution in [-0.2, 0) is 6.54 Å². The Kier molecular flexibility index (Phi) is 2.44. The molecule has 0 spiro atoms. The average molecular weight is 215 g/mol. The molecule has 0 N–H and O–H groups in total. The van der Waals surface area contributed by atoms with Crippen LogP contribution in [0.1, 0.15) is 24.0 Å². The molecule has 0 aliphatic carbocycles. The van der Waals surface area contributed by atoms with Gasteiger partial charge in [-0.3, -0.25) is 4.90 Å². The second kappa shape index (κ2) is 3.95. The van der Waals surface area contributed by atoms with Crippen molar-refractivity contribution < 1.29 is 4.42 Å². The van der Waals surface area contributed by atoms with Gasteiger partial charge >= 0.3 is 0 Å². The number of nitrogens with zero attached hydrogens (tertiary/aromatic N) is 1. The van der Waals surface area contributed by atoms with Crippen molar-refractivity contribution in [2.24, 2.45) is 0 Å². The highest BCUT2D eigenvalue weighted by Crippen LogP contribution is 2.24. The van der Waals surface area contributed by atoms with Crippen LogP contribution in [0.5, 0.6) is 0 Å². The van der Waals surface area contributed by atoms with Gasteiger partial charge in [-0.25, -0.2) is 0 Å². The zero-order valence-corrected chi connectivity index (χ0v) is 9.70. The molecule has 16 heavy (non-hydrogen) atoms. The fourth-order valence-electron chi connectivity index (χ4n) is 2.50. The van der Waals surface area contributed by atoms with E-state index in [0.717, 1.165) is 12.1 Å². The lowest BCUT2D eigenvalue weighted by atomic mass is 10.1. The van der Waals surface area contributed by atoms with Crippen LogP contribution in [0.3, 0.4) is 0 Å². The van der Waals surface area contributed by atoms with E-state index >= 15 is 0 Å². The first-order valence-corrected chi connectivity index (χ1v) is 6.02. The number of fused-ring (bicyclic) bond motifs is 1. The van der Waals surface area contributed by atoms with Gasteiger partial charge in [0.2, 0.25) is 0 Å². The van der Waals surface area contributed by atoms with E-state index in [1.165, 1.54) is 42.4 Å². The molecule has 1 aromatic heterocycles. The van der Waals surface area contributed by atoms with Gasteiger partial charge in [0.15, 0.2) is 0 Å². The molecule has 2 heterocycles. The molecule has 1 saturated heterocycles. The summed E-state index contributed by atoms with van der Waals surface area (Å²) in [5.74, 6) is 0. The van der Waals surface area contributed by atoms with Crippen LogP contribution in [0.25, 0.3) is 11.0 Å². The van der Waals surface area contributed by atoms with Crippen LogP contribution in [0.15, 0.2) is 28.9 Å². The van der Waals surface area contributed by atoms with Crippen LogP contribution in [-0.4, -0.2) is 18.0 Å². The summed E-state index contributed by atoms with van der Waals surface area (Å²) < 4.78 is 5.59. The highest BCUT2D eigenvalue weighted by Gasteiger charge is 2.14. The number of benzene rings is 1. The molecule has 0 atom stereocenters. The van der Waals surface area contributed by atoms with Crippen molar-refractivity contribution in [3.05, 3.63) is 35.6 Å². The Morgan fingerprint density at radius 3 is 2.88 bits per heavy atom. The van der Waals surface area contributed by atoms with Crippen molar-refractivity contribution in [1.29, 1.82) is 0 Å². The van der Waals surface area contributed by atoms with Gasteiger partial charge < -0.3 is 4.42 Å². The summed E-state index contributed by atoms with van der Waals surface area (Å²) in [5.41, 5.74) is 3.65. The molecule has 0 amide bonds. The third-order valence-electron chi connectivity index (χ3n) is 3.40. The van der Waals surface area contributed by atoms with Crippen LogP contribution in [0.2, 0.25) is 0 Å². The monoisotopic (exact) mass is 215 g/mol. The van der Waals surface area contributed by atoms with Gasteiger partial charge in [0.05, 0.1) is 6.26 Å². The summed E-state index contributed by atoms with van der Waals surface area (Å²) in [5, 5.41) is 1.28. The Labute approximate surface area is 95.9 Å². The maximum absolute atomic E-state index is 5.59. The SMILES string of the molecule is Cc1ccc2occ(CN3CCCC3)c2c1. The van der Waals surface area contributed by atoms with Crippen LogP contribution >= 0.6 is 0 Å². The fourth-order valence-corrected chi connectivity index (χ4v) is 2.50. The largest absolute Gasteiger partial charge is 0.464 e. The lowest BCUT2D eigenvalue weighted by molar-refractivity contribution is 0.331. The fraction of sp³-hybridized carbons (Fsp3) is 0.429. The first-order chi connectivity index (χ1) is 7.83. The van der Waals surface area contributed by atoms with Gasteiger partial charge in [0.25, 0.3) is 0 Å². The van der Waals surface area contributed by atoms with Crippen LogP contribution in [0, 0.1) is 6.92 Å². The van der Waals surface area contributed by atoms with Crippen LogP contribution < -0.4 is 0 Å². The molecule has 1 aliphatic heterocycles. The number of furan rings is 1. The summed E-state index contributed by atoms with van der Waals surface area (Å²) >= 11 is 0. The Morgan fingerprint density at radius 2 is 2.06 bits per heavy atom. The maximum atomic E-state index is 5.59. The van der Waals surface area contributed by atoms with Gasteiger partial charge in [-0.05, 0) is 45.0 Å². The number of aryl methyl sites for hydroxylation is 1. The Balaban J connectivity index is 1.93. The highest BCUT2D eigenvalue weighted by atomic mass is 16.3. The molecule has 1 aliphatic rings. The first-order valence-electron chi connectivity index (χ1n) is 6.02. The van der Waals surface area contributed by atoms with Crippen molar-refractivity contribution in [3.8, 4) is 0 Å². The maximum Gasteiger partial charge on any atom is 0.134 e. The quantitative estimate of drug-likeness (QED) is 0.764. The van der Waals surface area contributed by atoms with E-state index in [-0.39, 0.29) is 0 Å². The predicted octanol–water partition coefficient (Wildman–Crippen LogP) is 3.34. The van der Waals surface area contributed by atoms with E-state index in [9.17, 15) is 0 Å². The third kappa shape index (κ3) is 1.74. The number of likely N-dealkylation sites (tertiary alicyclic amines) is 1. The molecule has 1 aromatic carbocycles. The third-order valence-corrected chi connectivity index (χ3v) is 3.40. The molecular weight excluding hydrogens is 198 g/mol. The minimum atomic E-state index is 1.01. The van der Waals surface area contributed by atoms with Crippen molar-refractivity contribution in [3.63, 3.8) is 0 Å². The molecular formula is C14H17NO. The first kappa shape index (κ1) is 9.91. The Morgan fingerprint density at radius 1 is 1.25 bits per heavy atom. The second-order valence-corrected chi connectivity index (χ2v) is 4.74. The number of hydrogen-bond donors (Lipinski definition) is 0. The Bertz CT molecular complexity index is 494. The van der Waals surface area contributed by atoms with Crippen molar-refractivity contribution in [2.75, 3.05) is 13.1 Å². The highest BCUT2D eigenvalue weighted by molar-refractivity contribution is 5.81. The molecule has 0 bridgehead atoms. The van der Waals surface area contributed by atoms with E-state index in [1.54, 1.807) is 0 Å². The molecule has 2 heteroatoms. The molecule has 0 radical (unpaired) electrons. The average Bonchev–Trinajstić information content (AvgIpc) is 2.90. The number of hydrogen-bond acceptors (Lipinski definition) is 2. The predicted molar refractivity (Wildman–Crippen MR) is 65.5 cm³/mol. The normalized spacial score (nSPS) is 17.3. The van der Waals surface area contributed by atoms with Gasteiger partial charge in [-0.2, -0.15) is 0 Å². The smallest absolute Gasteiger partial charge is 0.134 e. The van der Waals surface area contributed by atoms with Gasteiger partial charge in [-0.1, -0.05) is 11.6 Å². The van der Waals surface area contributed by atoms with E-state index < -0.39 is 0 Å². The lowest BCUT2D eigenvalue weighted by Crippen LogP contribution is -2.17. The zero-order valence-electron chi connectivity index (χ0n) is 9.70. The molecule has 0 saturated carbocycles. The zero-order chi connectivity index (χ0) is 11.0. The van der Waals surface area contributed by atoms with Crippen LogP contribution in [0.4, 0.5) is 0 Å². The summed E-state index contributed by atoms with van der Waals surface area (Å²) in [7, 11) is 0. The van der Waals surface area contributed by atoms with Crippen molar-refractivity contribution in [1.82, 2.24) is 4.90 Å². The van der Waals surface area contributed by atoms with E-state index in [4.69, 9.17) is 4.42 Å². The number of rotatable bonds is 2. The van der Waals surface area contributed by atoms with Crippen molar-refractivity contribution in [2.45, 2.75) is 26.3 Å². The minimum Gasteiger partial charge on any atom is -0.464 e. The Hall–Kier alpha value is -1.28. The molecule has 2 nitrogen and oxygen atoms in total. The van der Waals surface area contributed by atoms with Gasteiger partial charge in [-0.15, -0.1) is 0 Å². The minimum absolute atomic E-state index is 1.01. The van der Waals surface area contributed by atoms with Gasteiger partial charge in [0.1, 0.15) is 5.58 Å². The molecule has 1 fully saturated rings. The lowest BCUT2D eigenvalue weighted by Gasteiger charge is -2.12. The summed E-state index contributed by atoms with van der Waals surface area (Å²) in [6.07, 6.45) is 4.60. The van der Waals surface area contributed by atoms with E-state index in [2.05, 4.69) is 30.0 Å². The van der Waals surface area contributed by atoms with Crippen molar-refractivity contribution >= 4 is 11.0 Å². The summed E-state index contributed by atoms with van der Waals surface area (Å²) in [6.45, 7) is 5.64. The summed E-state index contributed by atoms with van der Waals surface area (Å²) in [4.78, 5) is 2.51. The topological polar surface area (TPSA) is 16.4 Å². The molecule has 3 rings (SSSR count). The van der Waals surface area contributed by atoms with Gasteiger partial charge in [0, 0.05) is 17.5 Å². The summed E-state index contributed by atoms with van der Waals surface area (Å²) in [6, 6.07) is 6.40. The molecule has 2 aromatic rings. The van der Waals surface area contributed by atoms with E-state index in [0.29, 0.717) is 0 Å². The van der Waals surface area contributed by atoms with E-state index in [1.807, 2.05) is 6.26 Å². The second-order valence-electron chi connectivity index (χ2n) is 4.74.